The molecule has 0 aromatic heterocycles. The van der Waals surface area contributed by atoms with Crippen LogP contribution in [-0.2, 0) is 0 Å². The fraction of sp³-hybridized carbons (Fsp3) is 0.294. The molecule has 0 amide bonds. The summed E-state index contributed by atoms with van der Waals surface area (Å²) in [5.74, 6) is 0. The molecular formula is C17H22N2. The number of hydrogen-bond donors (Lipinski definition) is 2. The van der Waals surface area contributed by atoms with Crippen molar-refractivity contribution in [2.45, 2.75) is 24.9 Å². The van der Waals surface area contributed by atoms with Gasteiger partial charge in [-0.3, -0.25) is 0 Å². The van der Waals surface area contributed by atoms with Gasteiger partial charge in [0.15, 0.2) is 0 Å². The molecule has 0 fully saturated rings. The third kappa shape index (κ3) is 3.91. The lowest BCUT2D eigenvalue weighted by Gasteiger charge is -2.19. The Morgan fingerprint density at radius 1 is 0.842 bits per heavy atom. The predicted octanol–water partition coefficient (Wildman–Crippen LogP) is 3.43. The van der Waals surface area contributed by atoms with Crippen molar-refractivity contribution < 1.29 is 0 Å². The van der Waals surface area contributed by atoms with Crippen molar-refractivity contribution in [3.63, 3.8) is 0 Å². The van der Waals surface area contributed by atoms with Gasteiger partial charge in [0.25, 0.3) is 0 Å². The Morgan fingerprint density at radius 2 is 1.37 bits per heavy atom. The lowest BCUT2D eigenvalue weighted by molar-refractivity contribution is 0.491. The monoisotopic (exact) mass is 254 g/mol. The van der Waals surface area contributed by atoms with Gasteiger partial charge in [0.1, 0.15) is 0 Å². The van der Waals surface area contributed by atoms with Gasteiger partial charge in [-0.15, -0.1) is 0 Å². The number of nitrogens with one attached hydrogen (secondary N) is 1. The number of nitrogens with two attached hydrogens (primary N) is 1. The molecule has 0 saturated carbocycles. The molecule has 0 saturated heterocycles. The average molecular weight is 254 g/mol. The van der Waals surface area contributed by atoms with Gasteiger partial charge >= 0.3 is 0 Å². The Kier molecular flexibility index (Phi) is 5.13. The molecule has 0 aliphatic heterocycles. The number of benzene rings is 2. The van der Waals surface area contributed by atoms with Crippen molar-refractivity contribution in [2.24, 2.45) is 5.73 Å². The highest BCUT2D eigenvalue weighted by Crippen LogP contribution is 2.23. The molecule has 2 nitrogen and oxygen atoms in total. The first kappa shape index (κ1) is 13.8. The van der Waals surface area contributed by atoms with Crippen LogP contribution in [0.2, 0.25) is 0 Å². The zero-order valence-corrected chi connectivity index (χ0v) is 11.4. The van der Waals surface area contributed by atoms with Crippen LogP contribution in [0.25, 0.3) is 0 Å². The quantitative estimate of drug-likeness (QED) is 0.829. The van der Waals surface area contributed by atoms with E-state index in [4.69, 9.17) is 5.73 Å². The van der Waals surface area contributed by atoms with Crippen molar-refractivity contribution in [2.75, 3.05) is 7.05 Å². The molecule has 3 N–H and O–H groups in total. The predicted molar refractivity (Wildman–Crippen MR) is 80.8 cm³/mol. The van der Waals surface area contributed by atoms with Crippen molar-refractivity contribution in [3.8, 4) is 0 Å². The normalized spacial score (nSPS) is 14.0. The van der Waals surface area contributed by atoms with Gasteiger partial charge in [-0.05, 0) is 31.0 Å². The largest absolute Gasteiger partial charge is 0.324 e. The third-order valence-corrected chi connectivity index (χ3v) is 3.54. The molecule has 2 aromatic carbocycles. The van der Waals surface area contributed by atoms with Crippen LogP contribution >= 0.6 is 0 Å². The summed E-state index contributed by atoms with van der Waals surface area (Å²) in [6.07, 6.45) is 2.01. The van der Waals surface area contributed by atoms with E-state index in [0.29, 0.717) is 6.04 Å². The molecule has 19 heavy (non-hydrogen) atoms. The van der Waals surface area contributed by atoms with Crippen LogP contribution in [0, 0.1) is 0 Å². The van der Waals surface area contributed by atoms with Crippen LogP contribution in [0.5, 0.6) is 0 Å². The minimum Gasteiger partial charge on any atom is -0.324 e. The Balaban J connectivity index is 1.94. The highest BCUT2D eigenvalue weighted by atomic mass is 14.9. The van der Waals surface area contributed by atoms with Crippen LogP contribution < -0.4 is 11.1 Å². The standard InChI is InChI=1S/C17H22N2/c1-19-17(15-10-6-3-7-11-15)13-12-16(18)14-8-4-2-5-9-14/h2-11,16-17,19H,12-13,18H2,1H3. The number of rotatable bonds is 6. The van der Waals surface area contributed by atoms with E-state index in [1.807, 2.05) is 31.3 Å². The summed E-state index contributed by atoms with van der Waals surface area (Å²) in [5.41, 5.74) is 8.79. The van der Waals surface area contributed by atoms with Gasteiger partial charge in [-0.1, -0.05) is 60.7 Å². The second-order valence-electron chi connectivity index (χ2n) is 4.85. The van der Waals surface area contributed by atoms with Gasteiger partial charge in [0.05, 0.1) is 0 Å². The van der Waals surface area contributed by atoms with Crippen LogP contribution in [0.3, 0.4) is 0 Å². The smallest absolute Gasteiger partial charge is 0.0318 e. The van der Waals surface area contributed by atoms with E-state index in [9.17, 15) is 0 Å². The average Bonchev–Trinajstić information content (AvgIpc) is 2.49. The topological polar surface area (TPSA) is 38.0 Å². The van der Waals surface area contributed by atoms with Crippen molar-refractivity contribution in [1.29, 1.82) is 0 Å². The third-order valence-electron chi connectivity index (χ3n) is 3.54. The minimum absolute atomic E-state index is 0.112. The first-order valence-electron chi connectivity index (χ1n) is 6.84. The van der Waals surface area contributed by atoms with Crippen molar-refractivity contribution >= 4 is 0 Å². The van der Waals surface area contributed by atoms with Crippen LogP contribution in [0.15, 0.2) is 60.7 Å². The highest BCUT2D eigenvalue weighted by Gasteiger charge is 2.12. The lowest BCUT2D eigenvalue weighted by Crippen LogP contribution is -2.19. The maximum Gasteiger partial charge on any atom is 0.0318 e. The minimum atomic E-state index is 0.112. The molecule has 2 unspecified atom stereocenters. The zero-order valence-electron chi connectivity index (χ0n) is 11.4. The second kappa shape index (κ2) is 7.07. The van der Waals surface area contributed by atoms with E-state index in [1.54, 1.807) is 0 Å². The zero-order chi connectivity index (χ0) is 13.5. The summed E-state index contributed by atoms with van der Waals surface area (Å²) in [7, 11) is 2.01. The van der Waals surface area contributed by atoms with Crippen molar-refractivity contribution in [3.05, 3.63) is 71.8 Å². The summed E-state index contributed by atoms with van der Waals surface area (Å²) in [6, 6.07) is 21.3. The molecule has 0 heterocycles. The second-order valence-corrected chi connectivity index (χ2v) is 4.85. The molecule has 0 bridgehead atoms. The summed E-state index contributed by atoms with van der Waals surface area (Å²) in [5, 5.41) is 3.37. The summed E-state index contributed by atoms with van der Waals surface area (Å²) in [6.45, 7) is 0. The van der Waals surface area contributed by atoms with Gasteiger partial charge in [-0.2, -0.15) is 0 Å². The van der Waals surface area contributed by atoms with E-state index in [2.05, 4.69) is 41.7 Å². The van der Waals surface area contributed by atoms with Gasteiger partial charge in [-0.25, -0.2) is 0 Å². The molecule has 2 heteroatoms. The summed E-state index contributed by atoms with van der Waals surface area (Å²) >= 11 is 0. The summed E-state index contributed by atoms with van der Waals surface area (Å²) in [4.78, 5) is 0. The van der Waals surface area contributed by atoms with Gasteiger partial charge in [0.2, 0.25) is 0 Å². The fourth-order valence-corrected chi connectivity index (χ4v) is 2.38. The molecule has 100 valence electrons. The number of hydrogen-bond acceptors (Lipinski definition) is 2. The molecule has 0 spiro atoms. The van der Waals surface area contributed by atoms with E-state index in [-0.39, 0.29) is 6.04 Å². The Hall–Kier alpha value is -1.64. The Morgan fingerprint density at radius 3 is 1.89 bits per heavy atom. The van der Waals surface area contributed by atoms with Gasteiger partial charge < -0.3 is 11.1 Å². The summed E-state index contributed by atoms with van der Waals surface area (Å²) < 4.78 is 0. The SMILES string of the molecule is CNC(CCC(N)c1ccccc1)c1ccccc1. The van der Waals surface area contributed by atoms with Crippen molar-refractivity contribution in [1.82, 2.24) is 5.32 Å². The molecule has 2 atom stereocenters. The molecule has 0 aliphatic carbocycles. The van der Waals surface area contributed by atoms with E-state index < -0.39 is 0 Å². The van der Waals surface area contributed by atoms with E-state index >= 15 is 0 Å². The molecular weight excluding hydrogens is 232 g/mol. The van der Waals surface area contributed by atoms with Gasteiger partial charge in [0, 0.05) is 12.1 Å². The molecule has 0 aliphatic rings. The van der Waals surface area contributed by atoms with Crippen LogP contribution in [-0.4, -0.2) is 7.05 Å². The maximum atomic E-state index is 6.25. The van der Waals surface area contributed by atoms with Crippen LogP contribution in [0.1, 0.15) is 36.1 Å². The Bertz CT molecular complexity index is 467. The van der Waals surface area contributed by atoms with E-state index in [1.165, 1.54) is 11.1 Å². The maximum absolute atomic E-state index is 6.25. The highest BCUT2D eigenvalue weighted by molar-refractivity contribution is 5.20. The van der Waals surface area contributed by atoms with Crippen LogP contribution in [0.4, 0.5) is 0 Å². The molecule has 2 rings (SSSR count). The first-order valence-corrected chi connectivity index (χ1v) is 6.84. The fourth-order valence-electron chi connectivity index (χ4n) is 2.38. The lowest BCUT2D eigenvalue weighted by atomic mass is 9.96. The first-order chi connectivity index (χ1) is 9.31. The van der Waals surface area contributed by atoms with E-state index in [0.717, 1.165) is 12.8 Å². The molecule has 2 aromatic rings. The Labute approximate surface area is 115 Å². The molecule has 0 radical (unpaired) electrons.